The summed E-state index contributed by atoms with van der Waals surface area (Å²) in [7, 11) is 0. The van der Waals surface area contributed by atoms with Gasteiger partial charge in [0, 0.05) is 10.0 Å². The largest absolute Gasteiger partial charge is 0.490 e. The van der Waals surface area contributed by atoms with E-state index < -0.39 is 0 Å². The van der Waals surface area contributed by atoms with Crippen molar-refractivity contribution in [3.63, 3.8) is 0 Å². The molecule has 1 aliphatic heterocycles. The molecule has 2 rings (SSSR count). The van der Waals surface area contributed by atoms with Crippen LogP contribution in [-0.4, -0.2) is 12.4 Å². The molecule has 0 unspecified atom stereocenters. The van der Waals surface area contributed by atoms with Gasteiger partial charge in [-0.3, -0.25) is 4.79 Å². The second-order valence-corrected chi connectivity index (χ2v) is 4.73. The van der Waals surface area contributed by atoms with E-state index in [0.29, 0.717) is 17.9 Å². The van der Waals surface area contributed by atoms with Crippen LogP contribution >= 0.6 is 15.9 Å². The van der Waals surface area contributed by atoms with E-state index in [4.69, 9.17) is 4.74 Å². The van der Waals surface area contributed by atoms with Gasteiger partial charge in [0.25, 0.3) is 0 Å². The van der Waals surface area contributed by atoms with E-state index in [1.54, 1.807) is 0 Å². The molecule has 0 spiro atoms. The second-order valence-electron chi connectivity index (χ2n) is 3.87. The first-order valence-corrected chi connectivity index (χ1v) is 6.11. The SMILES string of the molecule is Cc1ccc(Br)c(C(=O)C2=CCCCO2)c1. The number of carbonyl (C=O) groups excluding carboxylic acids is 1. The molecule has 16 heavy (non-hydrogen) atoms. The summed E-state index contributed by atoms with van der Waals surface area (Å²) >= 11 is 3.39. The van der Waals surface area contributed by atoms with Gasteiger partial charge in [0.2, 0.25) is 5.78 Å². The van der Waals surface area contributed by atoms with Crippen LogP contribution in [0.4, 0.5) is 0 Å². The molecule has 0 amide bonds. The summed E-state index contributed by atoms with van der Waals surface area (Å²) in [5.41, 5.74) is 1.75. The number of rotatable bonds is 2. The molecule has 1 aromatic rings. The van der Waals surface area contributed by atoms with Crippen molar-refractivity contribution in [3.05, 3.63) is 45.6 Å². The summed E-state index contributed by atoms with van der Waals surface area (Å²) in [6.45, 7) is 2.61. The Bertz CT molecular complexity index is 449. The van der Waals surface area contributed by atoms with Gasteiger partial charge in [-0.05, 0) is 38.0 Å². The van der Waals surface area contributed by atoms with Crippen molar-refractivity contribution in [1.29, 1.82) is 0 Å². The predicted octanol–water partition coefficient (Wildman–Crippen LogP) is 3.63. The number of aryl methyl sites for hydroxylation is 1. The number of halogens is 1. The first-order valence-electron chi connectivity index (χ1n) is 5.32. The van der Waals surface area contributed by atoms with Gasteiger partial charge in [0.15, 0.2) is 5.76 Å². The van der Waals surface area contributed by atoms with Gasteiger partial charge in [-0.25, -0.2) is 0 Å². The monoisotopic (exact) mass is 280 g/mol. The lowest BCUT2D eigenvalue weighted by Crippen LogP contribution is -2.12. The molecule has 0 radical (unpaired) electrons. The second kappa shape index (κ2) is 4.83. The highest BCUT2D eigenvalue weighted by Crippen LogP contribution is 2.23. The number of allylic oxidation sites excluding steroid dienone is 2. The zero-order valence-corrected chi connectivity index (χ0v) is 10.7. The molecule has 0 fully saturated rings. The molecule has 84 valence electrons. The van der Waals surface area contributed by atoms with E-state index in [-0.39, 0.29) is 5.78 Å². The zero-order chi connectivity index (χ0) is 11.5. The van der Waals surface area contributed by atoms with Crippen molar-refractivity contribution >= 4 is 21.7 Å². The molecule has 1 aliphatic rings. The molecule has 1 aromatic carbocycles. The number of ketones is 1. The van der Waals surface area contributed by atoms with E-state index in [1.165, 1.54) is 0 Å². The number of hydrogen-bond acceptors (Lipinski definition) is 2. The Labute approximate surface area is 103 Å². The number of Topliss-reactive ketones (excluding diaryl/α,β-unsaturated/α-hetero) is 1. The van der Waals surface area contributed by atoms with E-state index in [2.05, 4.69) is 15.9 Å². The molecule has 1 heterocycles. The van der Waals surface area contributed by atoms with Gasteiger partial charge in [0.05, 0.1) is 6.61 Å². The van der Waals surface area contributed by atoms with Crippen LogP contribution in [0.5, 0.6) is 0 Å². The Hall–Kier alpha value is -1.09. The third-order valence-corrected chi connectivity index (χ3v) is 3.22. The van der Waals surface area contributed by atoms with Crippen molar-refractivity contribution in [3.8, 4) is 0 Å². The summed E-state index contributed by atoms with van der Waals surface area (Å²) in [6.07, 6.45) is 3.79. The third-order valence-electron chi connectivity index (χ3n) is 2.53. The molecule has 2 nitrogen and oxygen atoms in total. The van der Waals surface area contributed by atoms with E-state index >= 15 is 0 Å². The Morgan fingerprint density at radius 3 is 2.94 bits per heavy atom. The zero-order valence-electron chi connectivity index (χ0n) is 9.13. The van der Waals surface area contributed by atoms with E-state index in [0.717, 1.165) is 22.9 Å². The fraction of sp³-hybridized carbons (Fsp3) is 0.308. The standard InChI is InChI=1S/C13H13BrO2/c1-9-5-6-11(14)10(8-9)13(15)12-4-2-3-7-16-12/h4-6,8H,2-3,7H2,1H3. The Morgan fingerprint density at radius 1 is 1.44 bits per heavy atom. The van der Waals surface area contributed by atoms with Crippen molar-refractivity contribution in [1.82, 2.24) is 0 Å². The highest BCUT2D eigenvalue weighted by atomic mass is 79.9. The minimum atomic E-state index is -0.0322. The molecular weight excluding hydrogens is 268 g/mol. The maximum absolute atomic E-state index is 12.1. The summed E-state index contributed by atoms with van der Waals surface area (Å²) in [6, 6.07) is 5.74. The molecule has 0 aliphatic carbocycles. The lowest BCUT2D eigenvalue weighted by molar-refractivity contribution is 0.0898. The molecule has 0 N–H and O–H groups in total. The number of benzene rings is 1. The minimum absolute atomic E-state index is 0.0322. The van der Waals surface area contributed by atoms with Crippen LogP contribution in [0.2, 0.25) is 0 Å². The van der Waals surface area contributed by atoms with E-state index in [1.807, 2.05) is 31.2 Å². The molecular formula is C13H13BrO2. The summed E-state index contributed by atoms with van der Waals surface area (Å²) in [5.74, 6) is 0.452. The summed E-state index contributed by atoms with van der Waals surface area (Å²) in [4.78, 5) is 12.1. The molecule has 0 aromatic heterocycles. The van der Waals surface area contributed by atoms with Crippen molar-refractivity contribution in [2.75, 3.05) is 6.61 Å². The van der Waals surface area contributed by atoms with Crippen LogP contribution in [-0.2, 0) is 4.74 Å². The third kappa shape index (κ3) is 2.35. The summed E-state index contributed by atoms with van der Waals surface area (Å²) < 4.78 is 6.20. The van der Waals surface area contributed by atoms with Crippen molar-refractivity contribution in [2.45, 2.75) is 19.8 Å². The summed E-state index contributed by atoms with van der Waals surface area (Å²) in [5, 5.41) is 0. The number of carbonyl (C=O) groups is 1. The molecule has 3 heteroatoms. The van der Waals surface area contributed by atoms with Crippen LogP contribution in [0.15, 0.2) is 34.5 Å². The minimum Gasteiger partial charge on any atom is -0.490 e. The predicted molar refractivity (Wildman–Crippen MR) is 66.5 cm³/mol. The maximum Gasteiger partial charge on any atom is 0.228 e. The van der Waals surface area contributed by atoms with Crippen LogP contribution in [0, 0.1) is 6.92 Å². The van der Waals surface area contributed by atoms with Crippen LogP contribution < -0.4 is 0 Å². The maximum atomic E-state index is 12.1. The average molecular weight is 281 g/mol. The molecule has 0 saturated heterocycles. The number of hydrogen-bond donors (Lipinski definition) is 0. The van der Waals surface area contributed by atoms with Crippen molar-refractivity contribution in [2.24, 2.45) is 0 Å². The van der Waals surface area contributed by atoms with Crippen LogP contribution in [0.3, 0.4) is 0 Å². The van der Waals surface area contributed by atoms with Gasteiger partial charge >= 0.3 is 0 Å². The highest BCUT2D eigenvalue weighted by Gasteiger charge is 2.18. The topological polar surface area (TPSA) is 26.3 Å². The molecule has 0 saturated carbocycles. The van der Waals surface area contributed by atoms with Crippen molar-refractivity contribution < 1.29 is 9.53 Å². The first kappa shape index (κ1) is 11.4. The Morgan fingerprint density at radius 2 is 2.25 bits per heavy atom. The quantitative estimate of drug-likeness (QED) is 0.774. The van der Waals surface area contributed by atoms with Gasteiger partial charge in [0.1, 0.15) is 0 Å². The van der Waals surface area contributed by atoms with Crippen LogP contribution in [0.1, 0.15) is 28.8 Å². The van der Waals surface area contributed by atoms with Gasteiger partial charge < -0.3 is 4.74 Å². The van der Waals surface area contributed by atoms with Gasteiger partial charge in [-0.15, -0.1) is 0 Å². The first-order chi connectivity index (χ1) is 7.68. The Kier molecular flexibility index (Phi) is 3.44. The smallest absolute Gasteiger partial charge is 0.228 e. The normalized spacial score (nSPS) is 15.2. The molecule has 0 bridgehead atoms. The fourth-order valence-electron chi connectivity index (χ4n) is 1.66. The van der Waals surface area contributed by atoms with E-state index in [9.17, 15) is 4.79 Å². The lowest BCUT2D eigenvalue weighted by Gasteiger charge is -2.14. The molecule has 0 atom stereocenters. The van der Waals surface area contributed by atoms with Gasteiger partial charge in [-0.1, -0.05) is 27.6 Å². The average Bonchev–Trinajstić information content (AvgIpc) is 2.32. The highest BCUT2D eigenvalue weighted by molar-refractivity contribution is 9.10. The Balaban J connectivity index is 2.33. The lowest BCUT2D eigenvalue weighted by atomic mass is 10.1. The van der Waals surface area contributed by atoms with Gasteiger partial charge in [-0.2, -0.15) is 0 Å². The number of ether oxygens (including phenoxy) is 1. The van der Waals surface area contributed by atoms with Crippen LogP contribution in [0.25, 0.3) is 0 Å². The fourth-order valence-corrected chi connectivity index (χ4v) is 2.09.